The van der Waals surface area contributed by atoms with Crippen molar-refractivity contribution in [3.8, 4) is 0 Å². The predicted molar refractivity (Wildman–Crippen MR) is 91.5 cm³/mol. The molecule has 0 aliphatic carbocycles. The number of nitrogens with zero attached hydrogens (tertiary/aromatic N) is 2. The number of alkyl halides is 3. The van der Waals surface area contributed by atoms with Gasteiger partial charge in [0, 0.05) is 5.69 Å². The molecule has 0 aliphatic rings. The van der Waals surface area contributed by atoms with Crippen LogP contribution >= 0.6 is 0 Å². The Balaban J connectivity index is 2.18. The van der Waals surface area contributed by atoms with Gasteiger partial charge in [-0.25, -0.2) is 5.84 Å². The van der Waals surface area contributed by atoms with E-state index in [4.69, 9.17) is 5.84 Å². The van der Waals surface area contributed by atoms with E-state index in [0.717, 1.165) is 12.1 Å². The van der Waals surface area contributed by atoms with Gasteiger partial charge in [0.05, 0.1) is 16.9 Å². The Morgan fingerprint density at radius 3 is 2.33 bits per heavy atom. The predicted octanol–water partition coefficient (Wildman–Crippen LogP) is 4.57. The number of hydrogen-bond donors (Lipinski definition) is 2. The number of benzene rings is 2. The van der Waals surface area contributed by atoms with Gasteiger partial charge in [0.2, 0.25) is 0 Å². The highest BCUT2D eigenvalue weighted by molar-refractivity contribution is 5.69. The molecule has 0 saturated heterocycles. The van der Waals surface area contributed by atoms with Crippen molar-refractivity contribution in [1.29, 1.82) is 0 Å². The van der Waals surface area contributed by atoms with E-state index in [-0.39, 0.29) is 6.17 Å². The van der Waals surface area contributed by atoms with Crippen LogP contribution in [0.4, 0.5) is 30.2 Å². The maximum Gasteiger partial charge on any atom is 0.416 e. The third kappa shape index (κ3) is 4.05. The quantitative estimate of drug-likeness (QED) is 0.352. The first-order chi connectivity index (χ1) is 11.4. The minimum Gasteiger partial charge on any atom is -0.364 e. The molecule has 128 valence electrons. The summed E-state index contributed by atoms with van der Waals surface area (Å²) in [5, 5.41) is 4.63. The van der Waals surface area contributed by atoms with Gasteiger partial charge in [-0.3, -0.25) is 10.0 Å². The van der Waals surface area contributed by atoms with E-state index in [1.54, 1.807) is 12.1 Å². The van der Waals surface area contributed by atoms with Crippen LogP contribution in [0.25, 0.3) is 0 Å². The minimum absolute atomic E-state index is 0.315. The van der Waals surface area contributed by atoms with Crippen LogP contribution in [0, 0.1) is 0 Å². The first-order valence-electron chi connectivity index (χ1n) is 7.40. The van der Waals surface area contributed by atoms with Crippen LogP contribution in [0.15, 0.2) is 53.5 Å². The lowest BCUT2D eigenvalue weighted by atomic mass is 10.2. The van der Waals surface area contributed by atoms with Gasteiger partial charge in [-0.05, 0) is 49.5 Å². The van der Waals surface area contributed by atoms with Crippen molar-refractivity contribution in [2.75, 3.05) is 10.3 Å². The normalized spacial score (nSPS) is 12.5. The Morgan fingerprint density at radius 2 is 1.79 bits per heavy atom. The van der Waals surface area contributed by atoms with E-state index < -0.39 is 11.7 Å². The zero-order valence-electron chi connectivity index (χ0n) is 13.2. The van der Waals surface area contributed by atoms with Crippen LogP contribution in [0.3, 0.4) is 0 Å². The molecular weight excluding hydrogens is 317 g/mol. The summed E-state index contributed by atoms with van der Waals surface area (Å²) in [5.74, 6) is 6.18. The van der Waals surface area contributed by atoms with Crippen molar-refractivity contribution in [2.45, 2.75) is 25.7 Å². The lowest BCUT2D eigenvalue weighted by Gasteiger charge is -2.30. The molecule has 0 aromatic heterocycles. The minimum atomic E-state index is -4.35. The third-order valence-corrected chi connectivity index (χ3v) is 3.60. The smallest absolute Gasteiger partial charge is 0.364 e. The molecule has 1 unspecified atom stereocenters. The van der Waals surface area contributed by atoms with E-state index in [2.05, 4.69) is 17.0 Å². The van der Waals surface area contributed by atoms with Gasteiger partial charge in [0.25, 0.3) is 0 Å². The third-order valence-electron chi connectivity index (χ3n) is 3.60. The fourth-order valence-electron chi connectivity index (χ4n) is 2.30. The summed E-state index contributed by atoms with van der Waals surface area (Å²) in [4.78, 5) is 3.93. The summed E-state index contributed by atoms with van der Waals surface area (Å²) in [5.41, 5.74) is 1.17. The Kier molecular flexibility index (Phi) is 5.46. The first-order valence-corrected chi connectivity index (χ1v) is 7.40. The van der Waals surface area contributed by atoms with E-state index in [1.807, 2.05) is 19.1 Å². The molecule has 2 aromatic rings. The van der Waals surface area contributed by atoms with E-state index in [1.165, 1.54) is 17.1 Å². The van der Waals surface area contributed by atoms with Gasteiger partial charge in [-0.15, -0.1) is 0 Å². The molecule has 0 fully saturated rings. The second-order valence-electron chi connectivity index (χ2n) is 5.20. The maximum absolute atomic E-state index is 12.6. The Morgan fingerprint density at radius 1 is 1.17 bits per heavy atom. The number of aliphatic imine (C=N–C) groups is 1. The summed E-state index contributed by atoms with van der Waals surface area (Å²) in [6, 6.07) is 12.1. The fraction of sp³-hybridized carbons (Fsp3) is 0.235. The van der Waals surface area contributed by atoms with Crippen LogP contribution < -0.4 is 16.2 Å². The average molecular weight is 336 g/mol. The molecule has 0 bridgehead atoms. The van der Waals surface area contributed by atoms with Crippen molar-refractivity contribution in [3.05, 3.63) is 54.1 Å². The number of hydrogen-bond acceptors (Lipinski definition) is 4. The topological polar surface area (TPSA) is 53.6 Å². The summed E-state index contributed by atoms with van der Waals surface area (Å²) < 4.78 is 37.8. The van der Waals surface area contributed by atoms with Crippen molar-refractivity contribution in [2.24, 2.45) is 10.8 Å². The van der Waals surface area contributed by atoms with Gasteiger partial charge >= 0.3 is 6.18 Å². The molecule has 0 heterocycles. The first kappa shape index (κ1) is 17.8. The molecule has 24 heavy (non-hydrogen) atoms. The van der Waals surface area contributed by atoms with Crippen molar-refractivity contribution < 1.29 is 13.2 Å². The highest BCUT2D eigenvalue weighted by Gasteiger charge is 2.30. The van der Waals surface area contributed by atoms with Gasteiger partial charge < -0.3 is 5.32 Å². The molecule has 2 aromatic carbocycles. The fourth-order valence-corrected chi connectivity index (χ4v) is 2.30. The molecule has 1 atom stereocenters. The lowest BCUT2D eigenvalue weighted by molar-refractivity contribution is -0.137. The molecule has 0 spiro atoms. The van der Waals surface area contributed by atoms with E-state index in [0.29, 0.717) is 23.5 Å². The Bertz CT molecular complexity index is 683. The number of rotatable bonds is 6. The number of nitrogens with one attached hydrogen (secondary N) is 1. The number of nitrogens with two attached hydrogens (primary N) is 1. The van der Waals surface area contributed by atoms with E-state index >= 15 is 0 Å². The monoisotopic (exact) mass is 336 g/mol. The van der Waals surface area contributed by atoms with Crippen molar-refractivity contribution in [3.63, 3.8) is 0 Å². The molecule has 3 N–H and O–H groups in total. The lowest BCUT2D eigenvalue weighted by Crippen LogP contribution is -2.45. The molecule has 7 heteroatoms. The molecule has 0 radical (unpaired) electrons. The van der Waals surface area contributed by atoms with Gasteiger partial charge in [-0.2, -0.15) is 13.2 Å². The molecular formula is C17H19F3N4. The second kappa shape index (κ2) is 7.35. The number of para-hydroxylation sites is 2. The summed E-state index contributed by atoms with van der Waals surface area (Å²) >= 11 is 0. The number of anilines is 2. The molecule has 2 rings (SSSR count). The molecule has 4 nitrogen and oxygen atoms in total. The summed E-state index contributed by atoms with van der Waals surface area (Å²) in [6.07, 6.45) is -4.04. The van der Waals surface area contributed by atoms with Crippen LogP contribution in [0.1, 0.15) is 18.9 Å². The highest BCUT2D eigenvalue weighted by Crippen LogP contribution is 2.31. The second-order valence-corrected chi connectivity index (χ2v) is 5.20. The van der Waals surface area contributed by atoms with Gasteiger partial charge in [0.1, 0.15) is 6.17 Å². The highest BCUT2D eigenvalue weighted by atomic mass is 19.4. The zero-order valence-corrected chi connectivity index (χ0v) is 13.2. The van der Waals surface area contributed by atoms with Crippen LogP contribution in [-0.4, -0.2) is 12.9 Å². The number of hydrazine groups is 1. The van der Waals surface area contributed by atoms with Crippen molar-refractivity contribution in [1.82, 2.24) is 0 Å². The molecule has 0 saturated carbocycles. The van der Waals surface area contributed by atoms with Crippen LogP contribution in [0.2, 0.25) is 0 Å². The largest absolute Gasteiger partial charge is 0.416 e. The number of halogens is 3. The SMILES string of the molecule is C=Nc1ccccc1N(N)C(CC)Nc1ccc(C(F)(F)F)cc1. The average Bonchev–Trinajstić information content (AvgIpc) is 2.58. The Labute approximate surface area is 138 Å². The Hall–Kier alpha value is -2.54. The summed E-state index contributed by atoms with van der Waals surface area (Å²) in [7, 11) is 0. The zero-order chi connectivity index (χ0) is 17.7. The molecule has 0 amide bonds. The standard InChI is InChI=1S/C17H19F3N4/c1-3-16(24(21)15-7-5-4-6-14(15)22-2)23-13-10-8-12(9-11-13)17(18,19)20/h4-11,16,23H,2-3,21H2,1H3. The van der Waals surface area contributed by atoms with E-state index in [9.17, 15) is 13.2 Å². The maximum atomic E-state index is 12.6. The van der Waals surface area contributed by atoms with Gasteiger partial charge in [-0.1, -0.05) is 19.1 Å². The summed E-state index contributed by atoms with van der Waals surface area (Å²) in [6.45, 7) is 5.44. The van der Waals surface area contributed by atoms with Crippen LogP contribution in [0.5, 0.6) is 0 Å². The molecule has 0 aliphatic heterocycles. The van der Waals surface area contributed by atoms with Crippen LogP contribution in [-0.2, 0) is 6.18 Å². The van der Waals surface area contributed by atoms with Gasteiger partial charge in [0.15, 0.2) is 0 Å². The van der Waals surface area contributed by atoms with Crippen molar-refractivity contribution >= 4 is 23.8 Å².